The fourth-order valence-electron chi connectivity index (χ4n) is 2.59. The van der Waals surface area contributed by atoms with Crippen LogP contribution in [0.4, 0.5) is 0 Å². The van der Waals surface area contributed by atoms with E-state index < -0.39 is 4.75 Å². The molecule has 5 nitrogen and oxygen atoms in total. The SMILES string of the molecule is CCN1CCCN(C(=O)[C@@H]2CSC(C)(C)C(=O)N2)CC1. The Morgan fingerprint density at radius 2 is 2.10 bits per heavy atom. The van der Waals surface area contributed by atoms with Crippen LogP contribution < -0.4 is 5.32 Å². The molecule has 20 heavy (non-hydrogen) atoms. The predicted octanol–water partition coefficient (Wildman–Crippen LogP) is 0.551. The zero-order valence-electron chi connectivity index (χ0n) is 12.6. The van der Waals surface area contributed by atoms with Gasteiger partial charge in [0.15, 0.2) is 0 Å². The lowest BCUT2D eigenvalue weighted by molar-refractivity contribution is -0.136. The summed E-state index contributed by atoms with van der Waals surface area (Å²) in [6, 6.07) is -0.353. The van der Waals surface area contributed by atoms with E-state index in [2.05, 4.69) is 17.1 Å². The summed E-state index contributed by atoms with van der Waals surface area (Å²) in [6.07, 6.45) is 1.01. The van der Waals surface area contributed by atoms with Crippen LogP contribution in [-0.2, 0) is 9.59 Å². The Morgan fingerprint density at radius 3 is 2.75 bits per heavy atom. The first-order chi connectivity index (χ1) is 9.44. The standard InChI is InChI=1S/C14H25N3O2S/c1-4-16-6-5-7-17(9-8-16)12(18)11-10-20-14(2,3)13(19)15-11/h11H,4-10H2,1-3H3,(H,15,19)/t11-/m0/s1. The van der Waals surface area contributed by atoms with Crippen molar-refractivity contribution in [2.45, 2.75) is 38.0 Å². The molecule has 0 aliphatic carbocycles. The van der Waals surface area contributed by atoms with Gasteiger partial charge in [-0.05, 0) is 33.4 Å². The molecule has 0 unspecified atom stereocenters. The topological polar surface area (TPSA) is 52.7 Å². The molecule has 2 aliphatic heterocycles. The Balaban J connectivity index is 1.93. The highest BCUT2D eigenvalue weighted by Crippen LogP contribution is 2.29. The minimum Gasteiger partial charge on any atom is -0.342 e. The van der Waals surface area contributed by atoms with Gasteiger partial charge in [0.2, 0.25) is 11.8 Å². The molecule has 0 saturated carbocycles. The Morgan fingerprint density at radius 1 is 1.35 bits per heavy atom. The second kappa shape index (κ2) is 6.35. The summed E-state index contributed by atoms with van der Waals surface area (Å²) in [6.45, 7) is 10.5. The quantitative estimate of drug-likeness (QED) is 0.809. The minimum atomic E-state index is -0.422. The maximum Gasteiger partial charge on any atom is 0.246 e. The largest absolute Gasteiger partial charge is 0.342 e. The lowest BCUT2D eigenvalue weighted by atomic mass is 10.1. The molecule has 0 aromatic heterocycles. The first kappa shape index (κ1) is 15.6. The third kappa shape index (κ3) is 3.47. The van der Waals surface area contributed by atoms with E-state index in [1.54, 1.807) is 11.8 Å². The van der Waals surface area contributed by atoms with E-state index >= 15 is 0 Å². The summed E-state index contributed by atoms with van der Waals surface area (Å²) < 4.78 is -0.422. The van der Waals surface area contributed by atoms with Crippen molar-refractivity contribution in [2.24, 2.45) is 0 Å². The molecule has 1 N–H and O–H groups in total. The number of nitrogens with zero attached hydrogens (tertiary/aromatic N) is 2. The molecule has 0 spiro atoms. The third-order valence-electron chi connectivity index (χ3n) is 4.11. The summed E-state index contributed by atoms with van der Waals surface area (Å²) in [7, 11) is 0. The highest BCUT2D eigenvalue weighted by molar-refractivity contribution is 8.01. The van der Waals surface area contributed by atoms with E-state index in [-0.39, 0.29) is 17.9 Å². The average molecular weight is 299 g/mol. The fraction of sp³-hybridized carbons (Fsp3) is 0.857. The highest BCUT2D eigenvalue weighted by atomic mass is 32.2. The number of nitrogens with one attached hydrogen (secondary N) is 1. The molecule has 2 saturated heterocycles. The number of rotatable bonds is 2. The van der Waals surface area contributed by atoms with Gasteiger partial charge >= 0.3 is 0 Å². The number of hydrogen-bond donors (Lipinski definition) is 1. The predicted molar refractivity (Wildman–Crippen MR) is 81.8 cm³/mol. The molecule has 2 heterocycles. The van der Waals surface area contributed by atoms with Crippen LogP contribution in [0.5, 0.6) is 0 Å². The molecule has 0 aromatic rings. The fourth-order valence-corrected chi connectivity index (χ4v) is 3.59. The van der Waals surface area contributed by atoms with Crippen molar-refractivity contribution >= 4 is 23.6 Å². The van der Waals surface area contributed by atoms with E-state index in [4.69, 9.17) is 0 Å². The van der Waals surface area contributed by atoms with E-state index in [0.29, 0.717) is 5.75 Å². The smallest absolute Gasteiger partial charge is 0.246 e. The van der Waals surface area contributed by atoms with Crippen molar-refractivity contribution in [1.82, 2.24) is 15.1 Å². The molecule has 2 fully saturated rings. The van der Waals surface area contributed by atoms with E-state index in [0.717, 1.165) is 39.1 Å². The molecule has 114 valence electrons. The van der Waals surface area contributed by atoms with Gasteiger partial charge in [0.25, 0.3) is 0 Å². The van der Waals surface area contributed by atoms with Crippen molar-refractivity contribution in [2.75, 3.05) is 38.5 Å². The van der Waals surface area contributed by atoms with Crippen molar-refractivity contribution < 1.29 is 9.59 Å². The van der Waals surface area contributed by atoms with Gasteiger partial charge in [0, 0.05) is 25.4 Å². The first-order valence-electron chi connectivity index (χ1n) is 7.40. The number of carbonyl (C=O) groups is 2. The van der Waals surface area contributed by atoms with Gasteiger partial charge in [-0.1, -0.05) is 6.92 Å². The molecule has 2 rings (SSSR count). The van der Waals surface area contributed by atoms with Gasteiger partial charge in [0.05, 0.1) is 4.75 Å². The zero-order chi connectivity index (χ0) is 14.8. The molecule has 0 aromatic carbocycles. The van der Waals surface area contributed by atoms with Gasteiger partial charge in [-0.15, -0.1) is 11.8 Å². The van der Waals surface area contributed by atoms with Crippen LogP contribution >= 0.6 is 11.8 Å². The maximum absolute atomic E-state index is 12.5. The van der Waals surface area contributed by atoms with Gasteiger partial charge in [-0.3, -0.25) is 9.59 Å². The van der Waals surface area contributed by atoms with Crippen molar-refractivity contribution in [3.05, 3.63) is 0 Å². The second-order valence-electron chi connectivity index (χ2n) is 5.96. The van der Waals surface area contributed by atoms with Crippen molar-refractivity contribution in [1.29, 1.82) is 0 Å². The van der Waals surface area contributed by atoms with E-state index in [9.17, 15) is 9.59 Å². The lowest BCUT2D eigenvalue weighted by Crippen LogP contribution is -2.58. The Bertz CT molecular complexity index is 387. The molecule has 2 amide bonds. The number of thioether (sulfide) groups is 1. The normalized spacial score (nSPS) is 27.9. The summed E-state index contributed by atoms with van der Waals surface area (Å²) in [5, 5.41) is 2.88. The Hall–Kier alpha value is -0.750. The third-order valence-corrected chi connectivity index (χ3v) is 5.52. The number of amides is 2. The highest BCUT2D eigenvalue weighted by Gasteiger charge is 2.39. The summed E-state index contributed by atoms with van der Waals surface area (Å²) in [5.41, 5.74) is 0. The molecule has 0 bridgehead atoms. The second-order valence-corrected chi connectivity index (χ2v) is 7.60. The molecule has 1 atom stereocenters. The lowest BCUT2D eigenvalue weighted by Gasteiger charge is -2.35. The maximum atomic E-state index is 12.5. The first-order valence-corrected chi connectivity index (χ1v) is 8.38. The monoisotopic (exact) mass is 299 g/mol. The summed E-state index contributed by atoms with van der Waals surface area (Å²) >= 11 is 1.57. The van der Waals surface area contributed by atoms with Gasteiger partial charge in [0.1, 0.15) is 6.04 Å². The number of likely N-dealkylation sites (N-methyl/N-ethyl adjacent to an activating group) is 1. The van der Waals surface area contributed by atoms with Crippen LogP contribution in [-0.4, -0.2) is 70.9 Å². The molecule has 0 radical (unpaired) electrons. The Kier molecular flexibility index (Phi) is 4.96. The van der Waals surface area contributed by atoms with Crippen LogP contribution in [0.25, 0.3) is 0 Å². The van der Waals surface area contributed by atoms with E-state index in [1.165, 1.54) is 0 Å². The molecule has 6 heteroatoms. The molecular formula is C14H25N3O2S. The van der Waals surface area contributed by atoms with Gasteiger partial charge < -0.3 is 15.1 Å². The average Bonchev–Trinajstić information content (AvgIpc) is 2.66. The summed E-state index contributed by atoms with van der Waals surface area (Å²) in [5.74, 6) is 0.724. The minimum absolute atomic E-state index is 0.0305. The van der Waals surface area contributed by atoms with Crippen LogP contribution in [0.2, 0.25) is 0 Å². The zero-order valence-corrected chi connectivity index (χ0v) is 13.5. The van der Waals surface area contributed by atoms with Crippen LogP contribution in [0, 0.1) is 0 Å². The van der Waals surface area contributed by atoms with Gasteiger partial charge in [-0.2, -0.15) is 0 Å². The molecule has 2 aliphatic rings. The molecular weight excluding hydrogens is 274 g/mol. The van der Waals surface area contributed by atoms with Crippen molar-refractivity contribution in [3.8, 4) is 0 Å². The number of carbonyl (C=O) groups excluding carboxylic acids is 2. The Labute approximate surface area is 125 Å². The van der Waals surface area contributed by atoms with Crippen LogP contribution in [0.1, 0.15) is 27.2 Å². The van der Waals surface area contributed by atoms with E-state index in [1.807, 2.05) is 18.7 Å². The van der Waals surface area contributed by atoms with Gasteiger partial charge in [-0.25, -0.2) is 0 Å². The van der Waals surface area contributed by atoms with Crippen LogP contribution in [0.3, 0.4) is 0 Å². The van der Waals surface area contributed by atoms with Crippen molar-refractivity contribution in [3.63, 3.8) is 0 Å². The number of hydrogen-bond acceptors (Lipinski definition) is 4. The van der Waals surface area contributed by atoms with Crippen LogP contribution in [0.15, 0.2) is 0 Å². The summed E-state index contributed by atoms with van der Waals surface area (Å²) in [4.78, 5) is 28.8.